The van der Waals surface area contributed by atoms with E-state index in [1.54, 1.807) is 0 Å². The predicted molar refractivity (Wildman–Crippen MR) is 88.6 cm³/mol. The molecular formula is C19H23NO3. The van der Waals surface area contributed by atoms with Crippen LogP contribution in [0.5, 0.6) is 0 Å². The zero-order chi connectivity index (χ0) is 16.0. The highest BCUT2D eigenvalue weighted by Crippen LogP contribution is 2.49. The quantitative estimate of drug-likeness (QED) is 0.866. The van der Waals surface area contributed by atoms with Crippen molar-refractivity contribution < 1.29 is 13.9 Å². The Hall–Kier alpha value is -1.81. The number of benzene rings is 1. The summed E-state index contributed by atoms with van der Waals surface area (Å²) in [4.78, 5) is 15.0. The number of fused-ring (bicyclic) bond motifs is 1. The summed E-state index contributed by atoms with van der Waals surface area (Å²) in [6, 6.07) is 7.79. The van der Waals surface area contributed by atoms with Crippen LogP contribution in [0.3, 0.4) is 0 Å². The standard InChI is InChI=1S/C19H23NO3/c1-3-22-14-10-19(11-14)8-9-20(12-19)18(21)17-13(2)23-16-7-5-4-6-15(16)17/h4-7,14H,3,8-12H2,1-2H3. The summed E-state index contributed by atoms with van der Waals surface area (Å²) < 4.78 is 11.4. The van der Waals surface area contributed by atoms with E-state index < -0.39 is 0 Å². The Morgan fingerprint density at radius 2 is 2.17 bits per heavy atom. The van der Waals surface area contributed by atoms with Gasteiger partial charge in [-0.3, -0.25) is 4.79 Å². The fraction of sp³-hybridized carbons (Fsp3) is 0.526. The molecule has 1 saturated heterocycles. The molecule has 2 heterocycles. The fourth-order valence-electron chi connectivity index (χ4n) is 4.29. The molecule has 0 bridgehead atoms. The molecule has 4 heteroatoms. The van der Waals surface area contributed by atoms with E-state index in [2.05, 4.69) is 0 Å². The number of ether oxygens (including phenoxy) is 1. The van der Waals surface area contributed by atoms with Gasteiger partial charge in [0.1, 0.15) is 11.3 Å². The average molecular weight is 313 g/mol. The molecule has 122 valence electrons. The minimum absolute atomic E-state index is 0.115. The molecule has 1 aromatic carbocycles. The van der Waals surface area contributed by atoms with Crippen LogP contribution in [-0.4, -0.2) is 36.6 Å². The van der Waals surface area contributed by atoms with Crippen LogP contribution >= 0.6 is 0 Å². The maximum atomic E-state index is 13.0. The topological polar surface area (TPSA) is 42.7 Å². The van der Waals surface area contributed by atoms with E-state index in [0.717, 1.165) is 61.3 Å². The van der Waals surface area contributed by atoms with E-state index >= 15 is 0 Å². The molecule has 2 fully saturated rings. The molecule has 23 heavy (non-hydrogen) atoms. The molecule has 0 N–H and O–H groups in total. The van der Waals surface area contributed by atoms with Gasteiger partial charge < -0.3 is 14.1 Å². The lowest BCUT2D eigenvalue weighted by Crippen LogP contribution is -2.45. The largest absolute Gasteiger partial charge is 0.461 e. The first-order valence-corrected chi connectivity index (χ1v) is 8.51. The van der Waals surface area contributed by atoms with Crippen molar-refractivity contribution in [2.24, 2.45) is 5.41 Å². The predicted octanol–water partition coefficient (Wildman–Crippen LogP) is 3.77. The van der Waals surface area contributed by atoms with Gasteiger partial charge in [0.05, 0.1) is 11.7 Å². The van der Waals surface area contributed by atoms with E-state index in [0.29, 0.717) is 11.5 Å². The van der Waals surface area contributed by atoms with E-state index in [1.807, 2.05) is 43.0 Å². The summed E-state index contributed by atoms with van der Waals surface area (Å²) in [7, 11) is 0. The first-order chi connectivity index (χ1) is 11.1. The van der Waals surface area contributed by atoms with Crippen molar-refractivity contribution in [1.29, 1.82) is 0 Å². The van der Waals surface area contributed by atoms with Gasteiger partial charge in [-0.25, -0.2) is 0 Å². The number of furan rings is 1. The van der Waals surface area contributed by atoms with E-state index in [1.165, 1.54) is 0 Å². The number of para-hydroxylation sites is 1. The number of rotatable bonds is 3. The molecule has 1 aliphatic heterocycles. The number of hydrogen-bond donors (Lipinski definition) is 0. The van der Waals surface area contributed by atoms with Gasteiger partial charge >= 0.3 is 0 Å². The number of hydrogen-bond acceptors (Lipinski definition) is 3. The van der Waals surface area contributed by atoms with Crippen molar-refractivity contribution in [3.05, 3.63) is 35.6 Å². The highest BCUT2D eigenvalue weighted by Gasteiger charge is 2.50. The van der Waals surface area contributed by atoms with Crippen molar-refractivity contribution in [1.82, 2.24) is 4.90 Å². The minimum Gasteiger partial charge on any atom is -0.461 e. The van der Waals surface area contributed by atoms with Crippen molar-refractivity contribution >= 4 is 16.9 Å². The third-order valence-electron chi connectivity index (χ3n) is 5.43. The molecule has 0 unspecified atom stereocenters. The molecule has 4 rings (SSSR count). The Bertz CT molecular complexity index is 742. The van der Waals surface area contributed by atoms with Gasteiger partial charge in [0.2, 0.25) is 0 Å². The fourth-order valence-corrected chi connectivity index (χ4v) is 4.29. The van der Waals surface area contributed by atoms with Crippen molar-refractivity contribution in [3.8, 4) is 0 Å². The highest BCUT2D eigenvalue weighted by molar-refractivity contribution is 6.07. The van der Waals surface area contributed by atoms with Crippen molar-refractivity contribution in [3.63, 3.8) is 0 Å². The zero-order valence-electron chi connectivity index (χ0n) is 13.8. The Morgan fingerprint density at radius 1 is 1.39 bits per heavy atom. The summed E-state index contributed by atoms with van der Waals surface area (Å²) in [6.45, 7) is 6.41. The van der Waals surface area contributed by atoms with Gasteiger partial charge in [-0.2, -0.15) is 0 Å². The van der Waals surface area contributed by atoms with Crippen LogP contribution in [0.4, 0.5) is 0 Å². The van der Waals surface area contributed by atoms with E-state index in [9.17, 15) is 4.79 Å². The number of likely N-dealkylation sites (tertiary alicyclic amines) is 1. The third kappa shape index (κ3) is 2.36. The van der Waals surface area contributed by atoms with Gasteiger partial charge in [0, 0.05) is 25.1 Å². The summed E-state index contributed by atoms with van der Waals surface area (Å²) >= 11 is 0. The Morgan fingerprint density at radius 3 is 2.96 bits per heavy atom. The van der Waals surface area contributed by atoms with Gasteiger partial charge in [0.25, 0.3) is 5.91 Å². The Balaban J connectivity index is 1.53. The molecule has 1 spiro atoms. The normalized spacial score (nSPS) is 26.9. The lowest BCUT2D eigenvalue weighted by Gasteiger charge is -2.44. The number of carbonyl (C=O) groups is 1. The van der Waals surface area contributed by atoms with E-state index in [-0.39, 0.29) is 5.91 Å². The SMILES string of the molecule is CCOC1CC2(CCN(C(=O)c3c(C)oc4ccccc34)C2)C1. The lowest BCUT2D eigenvalue weighted by atomic mass is 9.66. The van der Waals surface area contributed by atoms with Crippen LogP contribution in [0, 0.1) is 12.3 Å². The number of nitrogens with zero attached hydrogens (tertiary/aromatic N) is 1. The summed E-state index contributed by atoms with van der Waals surface area (Å²) in [6.07, 6.45) is 3.68. The maximum Gasteiger partial charge on any atom is 0.258 e. The molecule has 1 aliphatic carbocycles. The summed E-state index contributed by atoms with van der Waals surface area (Å²) in [5.41, 5.74) is 1.82. The molecule has 1 aromatic heterocycles. The minimum atomic E-state index is 0.115. The first kappa shape index (κ1) is 14.8. The molecule has 0 radical (unpaired) electrons. The summed E-state index contributed by atoms with van der Waals surface area (Å²) in [5, 5.41) is 0.928. The summed E-state index contributed by atoms with van der Waals surface area (Å²) in [5.74, 6) is 0.835. The zero-order valence-corrected chi connectivity index (χ0v) is 13.8. The van der Waals surface area contributed by atoms with Crippen LogP contribution in [0.1, 0.15) is 42.3 Å². The Kier molecular flexibility index (Phi) is 3.45. The second kappa shape index (κ2) is 5.38. The molecule has 1 amide bonds. The maximum absolute atomic E-state index is 13.0. The van der Waals surface area contributed by atoms with Gasteiger partial charge in [0.15, 0.2) is 0 Å². The Labute approximate surface area is 136 Å². The molecule has 2 aliphatic rings. The second-order valence-electron chi connectivity index (χ2n) is 6.99. The van der Waals surface area contributed by atoms with Gasteiger partial charge in [-0.1, -0.05) is 18.2 Å². The van der Waals surface area contributed by atoms with Crippen molar-refractivity contribution in [2.75, 3.05) is 19.7 Å². The smallest absolute Gasteiger partial charge is 0.258 e. The van der Waals surface area contributed by atoms with Crippen LogP contribution in [0.2, 0.25) is 0 Å². The highest BCUT2D eigenvalue weighted by atomic mass is 16.5. The first-order valence-electron chi connectivity index (χ1n) is 8.51. The average Bonchev–Trinajstić information content (AvgIpc) is 3.07. The molecule has 0 atom stereocenters. The number of aryl methyl sites for hydroxylation is 1. The lowest BCUT2D eigenvalue weighted by molar-refractivity contribution is -0.0707. The van der Waals surface area contributed by atoms with Crippen LogP contribution < -0.4 is 0 Å². The third-order valence-corrected chi connectivity index (χ3v) is 5.43. The van der Waals surface area contributed by atoms with Gasteiger partial charge in [-0.05, 0) is 44.6 Å². The molecule has 4 nitrogen and oxygen atoms in total. The molecule has 1 saturated carbocycles. The number of amides is 1. The number of carbonyl (C=O) groups excluding carboxylic acids is 1. The second-order valence-corrected chi connectivity index (χ2v) is 6.99. The van der Waals surface area contributed by atoms with Crippen molar-refractivity contribution in [2.45, 2.75) is 39.2 Å². The van der Waals surface area contributed by atoms with E-state index in [4.69, 9.17) is 9.15 Å². The molecule has 2 aromatic rings. The van der Waals surface area contributed by atoms with Gasteiger partial charge in [-0.15, -0.1) is 0 Å². The van der Waals surface area contributed by atoms with Crippen LogP contribution in [0.25, 0.3) is 11.0 Å². The van der Waals surface area contributed by atoms with Crippen LogP contribution in [-0.2, 0) is 4.74 Å². The molecular weight excluding hydrogens is 290 g/mol. The monoisotopic (exact) mass is 313 g/mol. The van der Waals surface area contributed by atoms with Crippen LogP contribution in [0.15, 0.2) is 28.7 Å².